The lowest BCUT2D eigenvalue weighted by Crippen LogP contribution is -2.42. The summed E-state index contributed by atoms with van der Waals surface area (Å²) in [5.41, 5.74) is 2.59. The fourth-order valence-corrected chi connectivity index (χ4v) is 3.56. The van der Waals surface area contributed by atoms with Gasteiger partial charge in [0.05, 0.1) is 19.3 Å². The average Bonchev–Trinajstić information content (AvgIpc) is 2.96. The number of ether oxygens (including phenoxy) is 1. The number of rotatable bonds is 4. The van der Waals surface area contributed by atoms with Crippen LogP contribution in [-0.4, -0.2) is 48.0 Å². The fraction of sp³-hybridized carbons (Fsp3) is 0.474. The second kappa shape index (κ2) is 7.27. The van der Waals surface area contributed by atoms with Crippen molar-refractivity contribution in [3.63, 3.8) is 0 Å². The number of carbonyl (C=O) groups excluding carboxylic acids is 2. The number of hydrogen-bond donors (Lipinski definition) is 2. The topological polar surface area (TPSA) is 74.4 Å². The minimum atomic E-state index is -0.489. The molecule has 1 aromatic carbocycles. The molecule has 6 heteroatoms. The van der Waals surface area contributed by atoms with E-state index >= 15 is 0 Å². The number of fused-ring (bicyclic) bond motifs is 1. The number of aromatic nitrogens is 1. The molecule has 2 aromatic rings. The zero-order valence-electron chi connectivity index (χ0n) is 15.0. The first kappa shape index (κ1) is 17.5. The molecule has 2 N–H and O–H groups in total. The van der Waals surface area contributed by atoms with Gasteiger partial charge in [0.15, 0.2) is 0 Å². The standard InChI is InChI=1S/C19H25N3O3/c1-12-7-6-9-14-16(12)17(18(20-14)19(24)25-3)21-15(23)11-22-10-5-4-8-13(22)2/h6-7,9,13,20H,4-5,8,10-11H2,1-3H3,(H,21,23). The third-order valence-electron chi connectivity index (χ3n) is 4.97. The number of benzene rings is 1. The molecule has 25 heavy (non-hydrogen) atoms. The van der Waals surface area contributed by atoms with Gasteiger partial charge < -0.3 is 15.0 Å². The highest BCUT2D eigenvalue weighted by Crippen LogP contribution is 2.31. The molecule has 2 heterocycles. The number of anilines is 1. The number of piperidine rings is 1. The van der Waals surface area contributed by atoms with Crippen LogP contribution in [0, 0.1) is 6.92 Å². The monoisotopic (exact) mass is 343 g/mol. The van der Waals surface area contributed by atoms with Gasteiger partial charge in [0, 0.05) is 16.9 Å². The predicted octanol–water partition coefficient (Wildman–Crippen LogP) is 3.08. The molecule has 1 fully saturated rings. The van der Waals surface area contributed by atoms with Crippen molar-refractivity contribution in [2.45, 2.75) is 39.2 Å². The van der Waals surface area contributed by atoms with Crippen molar-refractivity contribution in [2.24, 2.45) is 0 Å². The first-order valence-electron chi connectivity index (χ1n) is 8.74. The molecule has 1 atom stereocenters. The normalized spacial score (nSPS) is 18.3. The lowest BCUT2D eigenvalue weighted by Gasteiger charge is -2.32. The number of H-pyrrole nitrogens is 1. The molecule has 1 saturated heterocycles. The highest BCUT2D eigenvalue weighted by atomic mass is 16.5. The van der Waals surface area contributed by atoms with Crippen LogP contribution in [0.5, 0.6) is 0 Å². The Morgan fingerprint density at radius 3 is 2.88 bits per heavy atom. The van der Waals surface area contributed by atoms with Crippen molar-refractivity contribution in [1.29, 1.82) is 0 Å². The highest BCUT2D eigenvalue weighted by molar-refractivity contribution is 6.12. The van der Waals surface area contributed by atoms with Gasteiger partial charge in [-0.2, -0.15) is 0 Å². The third-order valence-corrected chi connectivity index (χ3v) is 4.97. The summed E-state index contributed by atoms with van der Waals surface area (Å²) in [4.78, 5) is 30.0. The van der Waals surface area contributed by atoms with Crippen LogP contribution in [-0.2, 0) is 9.53 Å². The summed E-state index contributed by atoms with van der Waals surface area (Å²) < 4.78 is 4.86. The minimum Gasteiger partial charge on any atom is -0.464 e. The lowest BCUT2D eigenvalue weighted by molar-refractivity contribution is -0.118. The first-order valence-corrected chi connectivity index (χ1v) is 8.74. The zero-order chi connectivity index (χ0) is 18.0. The van der Waals surface area contributed by atoms with Crippen molar-refractivity contribution in [1.82, 2.24) is 9.88 Å². The molecule has 1 unspecified atom stereocenters. The number of carbonyl (C=O) groups is 2. The summed E-state index contributed by atoms with van der Waals surface area (Å²) in [5.74, 6) is -0.597. The van der Waals surface area contributed by atoms with Gasteiger partial charge in [-0.15, -0.1) is 0 Å². The Hall–Kier alpha value is -2.34. The second-order valence-electron chi connectivity index (χ2n) is 6.73. The van der Waals surface area contributed by atoms with E-state index in [1.807, 2.05) is 25.1 Å². The number of aryl methyl sites for hydroxylation is 1. The number of nitrogens with zero attached hydrogens (tertiary/aromatic N) is 1. The number of methoxy groups -OCH3 is 1. The van der Waals surface area contributed by atoms with E-state index in [4.69, 9.17) is 4.74 Å². The quantitative estimate of drug-likeness (QED) is 0.837. The van der Waals surface area contributed by atoms with Crippen LogP contribution in [0.2, 0.25) is 0 Å². The molecular formula is C19H25N3O3. The number of esters is 1. The van der Waals surface area contributed by atoms with Crippen LogP contribution in [0.15, 0.2) is 18.2 Å². The molecule has 1 aliphatic rings. The maximum atomic E-state index is 12.6. The van der Waals surface area contributed by atoms with E-state index in [0.717, 1.165) is 35.9 Å². The van der Waals surface area contributed by atoms with E-state index in [0.29, 0.717) is 18.3 Å². The van der Waals surface area contributed by atoms with Gasteiger partial charge in [0.2, 0.25) is 5.91 Å². The van der Waals surface area contributed by atoms with Crippen LogP contribution in [0.25, 0.3) is 10.9 Å². The van der Waals surface area contributed by atoms with Crippen molar-refractivity contribution in [3.8, 4) is 0 Å². The fourth-order valence-electron chi connectivity index (χ4n) is 3.56. The maximum Gasteiger partial charge on any atom is 0.356 e. The summed E-state index contributed by atoms with van der Waals surface area (Å²) in [6, 6.07) is 6.16. The Labute approximate surface area is 147 Å². The SMILES string of the molecule is COC(=O)c1[nH]c2cccc(C)c2c1NC(=O)CN1CCCCC1C. The number of nitrogens with one attached hydrogen (secondary N) is 2. The summed E-state index contributed by atoms with van der Waals surface area (Å²) >= 11 is 0. The Bertz CT molecular complexity index is 797. The van der Waals surface area contributed by atoms with E-state index in [2.05, 4.69) is 22.1 Å². The molecule has 3 rings (SSSR count). The molecule has 6 nitrogen and oxygen atoms in total. The van der Waals surface area contributed by atoms with E-state index < -0.39 is 5.97 Å². The Kier molecular flexibility index (Phi) is 5.08. The second-order valence-corrected chi connectivity index (χ2v) is 6.73. The van der Waals surface area contributed by atoms with E-state index in [-0.39, 0.29) is 11.6 Å². The van der Waals surface area contributed by atoms with Crippen LogP contribution in [0.3, 0.4) is 0 Å². The van der Waals surface area contributed by atoms with Gasteiger partial charge >= 0.3 is 5.97 Å². The third kappa shape index (κ3) is 3.54. The summed E-state index contributed by atoms with van der Waals surface area (Å²) in [6.45, 7) is 5.38. The highest BCUT2D eigenvalue weighted by Gasteiger charge is 2.24. The molecular weight excluding hydrogens is 318 g/mol. The molecule has 0 aliphatic carbocycles. The molecule has 0 spiro atoms. The van der Waals surface area contributed by atoms with Gasteiger partial charge in [-0.3, -0.25) is 9.69 Å². The van der Waals surface area contributed by atoms with Crippen molar-refractivity contribution >= 4 is 28.5 Å². The van der Waals surface area contributed by atoms with Crippen LogP contribution < -0.4 is 5.32 Å². The Balaban J connectivity index is 1.88. The van der Waals surface area contributed by atoms with Gasteiger partial charge in [-0.25, -0.2) is 4.79 Å². The smallest absolute Gasteiger partial charge is 0.356 e. The molecule has 1 aromatic heterocycles. The Morgan fingerprint density at radius 2 is 2.16 bits per heavy atom. The minimum absolute atomic E-state index is 0.108. The predicted molar refractivity (Wildman–Crippen MR) is 97.9 cm³/mol. The maximum absolute atomic E-state index is 12.6. The zero-order valence-corrected chi connectivity index (χ0v) is 15.0. The number of amides is 1. The summed E-state index contributed by atoms with van der Waals surface area (Å²) in [6.07, 6.45) is 3.46. The molecule has 1 aliphatic heterocycles. The van der Waals surface area contributed by atoms with Gasteiger partial charge in [0.25, 0.3) is 0 Å². The molecule has 1 amide bonds. The summed E-state index contributed by atoms with van der Waals surface area (Å²) in [5, 5.41) is 3.79. The molecule has 0 bridgehead atoms. The van der Waals surface area contributed by atoms with Crippen LogP contribution >= 0.6 is 0 Å². The van der Waals surface area contributed by atoms with Crippen LogP contribution in [0.1, 0.15) is 42.2 Å². The van der Waals surface area contributed by atoms with E-state index in [1.54, 1.807) is 0 Å². The number of likely N-dealkylation sites (tertiary alicyclic amines) is 1. The van der Waals surface area contributed by atoms with Gasteiger partial charge in [-0.1, -0.05) is 18.6 Å². The molecule has 134 valence electrons. The number of hydrogen-bond acceptors (Lipinski definition) is 4. The summed E-state index contributed by atoms with van der Waals surface area (Å²) in [7, 11) is 1.34. The van der Waals surface area contributed by atoms with Crippen molar-refractivity contribution in [3.05, 3.63) is 29.5 Å². The first-order chi connectivity index (χ1) is 12.0. The molecule has 0 saturated carbocycles. The van der Waals surface area contributed by atoms with E-state index in [1.165, 1.54) is 13.5 Å². The van der Waals surface area contributed by atoms with Gasteiger partial charge in [0.1, 0.15) is 5.69 Å². The average molecular weight is 343 g/mol. The largest absolute Gasteiger partial charge is 0.464 e. The van der Waals surface area contributed by atoms with Crippen LogP contribution in [0.4, 0.5) is 5.69 Å². The van der Waals surface area contributed by atoms with Gasteiger partial charge in [-0.05, 0) is 44.9 Å². The lowest BCUT2D eigenvalue weighted by atomic mass is 10.0. The Morgan fingerprint density at radius 1 is 1.36 bits per heavy atom. The van der Waals surface area contributed by atoms with E-state index in [9.17, 15) is 9.59 Å². The van der Waals surface area contributed by atoms with Crippen molar-refractivity contribution < 1.29 is 14.3 Å². The van der Waals surface area contributed by atoms with Crippen molar-refractivity contribution in [2.75, 3.05) is 25.5 Å². The number of aromatic amines is 1. The molecule has 0 radical (unpaired) electrons.